The normalized spacial score (nSPS) is 20.6. The van der Waals surface area contributed by atoms with Gasteiger partial charge in [-0.2, -0.15) is 0 Å². The molecule has 4 nitrogen and oxygen atoms in total. The number of hydrogen-bond donors (Lipinski definition) is 1. The molecule has 20 heavy (non-hydrogen) atoms. The monoisotopic (exact) mass is 269 g/mol. The summed E-state index contributed by atoms with van der Waals surface area (Å²) in [4.78, 5) is 21.0. The molecule has 3 rings (SSSR count). The number of hydrogen-bond acceptors (Lipinski definition) is 2. The van der Waals surface area contributed by atoms with E-state index in [0.29, 0.717) is 0 Å². The van der Waals surface area contributed by atoms with Gasteiger partial charge >= 0.3 is 0 Å². The van der Waals surface area contributed by atoms with Crippen LogP contribution < -0.4 is 0 Å². The maximum atomic E-state index is 11.4. The number of aromatic nitrogens is 2. The van der Waals surface area contributed by atoms with Crippen LogP contribution in [0, 0.1) is 0 Å². The largest absolute Gasteiger partial charge is 0.348 e. The molecular formula is C16H19N3O. The maximum absolute atomic E-state index is 11.4. The molecule has 1 saturated heterocycles. The SMILES string of the molecule is O=CN1CCCCC1C(c1ccccc1)c1ncc[nH]1. The molecule has 1 aliphatic heterocycles. The quantitative estimate of drug-likeness (QED) is 0.867. The number of benzene rings is 1. The predicted molar refractivity (Wildman–Crippen MR) is 77.3 cm³/mol. The molecule has 4 heteroatoms. The third-order valence-electron chi connectivity index (χ3n) is 4.09. The van der Waals surface area contributed by atoms with Crippen LogP contribution in [-0.2, 0) is 4.79 Å². The Hall–Kier alpha value is -2.10. The summed E-state index contributed by atoms with van der Waals surface area (Å²) < 4.78 is 0. The van der Waals surface area contributed by atoms with Crippen LogP contribution >= 0.6 is 0 Å². The zero-order valence-electron chi connectivity index (χ0n) is 11.4. The molecule has 104 valence electrons. The first-order valence-electron chi connectivity index (χ1n) is 7.15. The predicted octanol–water partition coefficient (Wildman–Crippen LogP) is 2.55. The van der Waals surface area contributed by atoms with Gasteiger partial charge in [-0.25, -0.2) is 4.98 Å². The van der Waals surface area contributed by atoms with Gasteiger partial charge in [-0.1, -0.05) is 30.3 Å². The minimum atomic E-state index is 0.122. The van der Waals surface area contributed by atoms with E-state index < -0.39 is 0 Å². The van der Waals surface area contributed by atoms with Crippen molar-refractivity contribution in [3.05, 3.63) is 54.1 Å². The highest BCUT2D eigenvalue weighted by Gasteiger charge is 2.32. The topological polar surface area (TPSA) is 49.0 Å². The lowest BCUT2D eigenvalue weighted by atomic mass is 9.85. The van der Waals surface area contributed by atoms with E-state index >= 15 is 0 Å². The van der Waals surface area contributed by atoms with Crippen molar-refractivity contribution in [3.63, 3.8) is 0 Å². The molecule has 0 saturated carbocycles. The van der Waals surface area contributed by atoms with Crippen LogP contribution in [0.15, 0.2) is 42.7 Å². The van der Waals surface area contributed by atoms with Gasteiger partial charge in [0.1, 0.15) is 5.82 Å². The summed E-state index contributed by atoms with van der Waals surface area (Å²) in [5.41, 5.74) is 1.21. The lowest BCUT2D eigenvalue weighted by molar-refractivity contribution is -0.121. The second-order valence-corrected chi connectivity index (χ2v) is 5.27. The maximum Gasteiger partial charge on any atom is 0.209 e. The van der Waals surface area contributed by atoms with Crippen molar-refractivity contribution in [2.45, 2.75) is 31.2 Å². The van der Waals surface area contributed by atoms with Crippen molar-refractivity contribution in [3.8, 4) is 0 Å². The molecule has 2 atom stereocenters. The Labute approximate surface area is 118 Å². The van der Waals surface area contributed by atoms with Crippen LogP contribution in [0.4, 0.5) is 0 Å². The number of nitrogens with zero attached hydrogens (tertiary/aromatic N) is 2. The van der Waals surface area contributed by atoms with Gasteiger partial charge in [-0.3, -0.25) is 4.79 Å². The molecule has 0 spiro atoms. The van der Waals surface area contributed by atoms with Gasteiger partial charge in [0.05, 0.1) is 5.92 Å². The highest BCUT2D eigenvalue weighted by Crippen LogP contribution is 2.33. The fourth-order valence-electron chi connectivity index (χ4n) is 3.14. The van der Waals surface area contributed by atoms with Crippen molar-refractivity contribution < 1.29 is 4.79 Å². The third-order valence-corrected chi connectivity index (χ3v) is 4.09. The fraction of sp³-hybridized carbons (Fsp3) is 0.375. The average Bonchev–Trinajstić information content (AvgIpc) is 3.03. The van der Waals surface area contributed by atoms with E-state index in [0.717, 1.165) is 31.6 Å². The average molecular weight is 269 g/mol. The number of nitrogens with one attached hydrogen (secondary N) is 1. The van der Waals surface area contributed by atoms with Gasteiger partial charge in [0.2, 0.25) is 6.41 Å². The van der Waals surface area contributed by atoms with E-state index in [9.17, 15) is 4.79 Å². The fourth-order valence-corrected chi connectivity index (χ4v) is 3.14. The summed E-state index contributed by atoms with van der Waals surface area (Å²) >= 11 is 0. The zero-order valence-corrected chi connectivity index (χ0v) is 11.4. The molecule has 2 aromatic rings. The minimum Gasteiger partial charge on any atom is -0.348 e. The molecule has 0 aliphatic carbocycles. The molecule has 2 heterocycles. The standard InChI is InChI=1S/C16H19N3O/c20-12-19-11-5-4-8-14(19)15(16-17-9-10-18-16)13-6-2-1-3-7-13/h1-3,6-7,9-10,12,14-15H,4-5,8,11H2,(H,17,18). The Morgan fingerprint density at radius 2 is 2.15 bits per heavy atom. The van der Waals surface area contributed by atoms with Crippen LogP contribution in [-0.4, -0.2) is 33.9 Å². The Kier molecular flexibility index (Phi) is 3.81. The molecule has 1 amide bonds. The summed E-state index contributed by atoms with van der Waals surface area (Å²) in [6.45, 7) is 0.845. The number of likely N-dealkylation sites (tertiary alicyclic amines) is 1. The Morgan fingerprint density at radius 3 is 2.85 bits per heavy atom. The first-order valence-corrected chi connectivity index (χ1v) is 7.15. The van der Waals surface area contributed by atoms with E-state index in [2.05, 4.69) is 22.1 Å². The summed E-state index contributed by atoms with van der Waals surface area (Å²) in [5.74, 6) is 1.06. The number of carbonyl (C=O) groups is 1. The second-order valence-electron chi connectivity index (χ2n) is 5.27. The third kappa shape index (κ3) is 2.46. The minimum absolute atomic E-state index is 0.122. The number of rotatable bonds is 4. The summed E-state index contributed by atoms with van der Waals surface area (Å²) in [7, 11) is 0. The molecule has 2 unspecified atom stereocenters. The lowest BCUT2D eigenvalue weighted by Gasteiger charge is -2.37. The summed E-state index contributed by atoms with van der Waals surface area (Å²) in [6, 6.07) is 10.5. The van der Waals surface area contributed by atoms with Crippen molar-refractivity contribution in [2.75, 3.05) is 6.54 Å². The summed E-state index contributed by atoms with van der Waals surface area (Å²) in [6.07, 6.45) is 7.90. The van der Waals surface area contributed by atoms with Crippen LogP contribution in [0.3, 0.4) is 0 Å². The Morgan fingerprint density at radius 1 is 1.30 bits per heavy atom. The van der Waals surface area contributed by atoms with Gasteiger partial charge < -0.3 is 9.88 Å². The van der Waals surface area contributed by atoms with Crippen molar-refractivity contribution >= 4 is 6.41 Å². The first kappa shape index (κ1) is 12.9. The number of H-pyrrole nitrogens is 1. The van der Waals surface area contributed by atoms with Gasteiger partial charge in [0.15, 0.2) is 0 Å². The Bertz CT molecular complexity index is 538. The summed E-state index contributed by atoms with van der Waals surface area (Å²) in [5, 5.41) is 0. The number of aromatic amines is 1. The molecule has 0 bridgehead atoms. The second kappa shape index (κ2) is 5.90. The van der Waals surface area contributed by atoms with E-state index in [1.807, 2.05) is 29.3 Å². The lowest BCUT2D eigenvalue weighted by Crippen LogP contribution is -2.43. The first-order chi connectivity index (χ1) is 9.90. The van der Waals surface area contributed by atoms with Crippen LogP contribution in [0.2, 0.25) is 0 Å². The van der Waals surface area contributed by atoms with E-state index in [1.54, 1.807) is 6.20 Å². The number of imidazole rings is 1. The molecule has 1 aliphatic rings. The van der Waals surface area contributed by atoms with Crippen LogP contribution in [0.25, 0.3) is 0 Å². The highest BCUT2D eigenvalue weighted by atomic mass is 16.1. The van der Waals surface area contributed by atoms with Crippen molar-refractivity contribution in [2.24, 2.45) is 0 Å². The van der Waals surface area contributed by atoms with E-state index in [4.69, 9.17) is 0 Å². The van der Waals surface area contributed by atoms with Gasteiger partial charge in [-0.15, -0.1) is 0 Å². The van der Waals surface area contributed by atoms with E-state index in [-0.39, 0.29) is 12.0 Å². The van der Waals surface area contributed by atoms with E-state index in [1.165, 1.54) is 12.0 Å². The molecule has 1 fully saturated rings. The molecule has 1 N–H and O–H groups in total. The number of piperidine rings is 1. The molecule has 1 aromatic carbocycles. The highest BCUT2D eigenvalue weighted by molar-refractivity contribution is 5.49. The van der Waals surface area contributed by atoms with Crippen molar-refractivity contribution in [1.29, 1.82) is 0 Å². The Balaban J connectivity index is 1.99. The van der Waals surface area contributed by atoms with Gasteiger partial charge in [0, 0.05) is 25.0 Å². The van der Waals surface area contributed by atoms with Crippen molar-refractivity contribution in [1.82, 2.24) is 14.9 Å². The molecule has 1 aromatic heterocycles. The van der Waals surface area contributed by atoms with Gasteiger partial charge in [-0.05, 0) is 24.8 Å². The smallest absolute Gasteiger partial charge is 0.209 e. The van der Waals surface area contributed by atoms with Crippen LogP contribution in [0.5, 0.6) is 0 Å². The zero-order chi connectivity index (χ0) is 13.8. The number of carbonyl (C=O) groups excluding carboxylic acids is 1. The molecule has 0 radical (unpaired) electrons. The number of amides is 1. The van der Waals surface area contributed by atoms with Gasteiger partial charge in [0.25, 0.3) is 0 Å². The molecular weight excluding hydrogens is 250 g/mol. The van der Waals surface area contributed by atoms with Crippen LogP contribution in [0.1, 0.15) is 36.6 Å².